The van der Waals surface area contributed by atoms with E-state index in [2.05, 4.69) is 34.4 Å². The molecular weight excluding hydrogens is 439 g/mol. The first-order chi connectivity index (χ1) is 12.1. The molecule has 4 rings (SSSR count). The molecule has 2 aliphatic carbocycles. The number of ether oxygens (including phenoxy) is 1. The Labute approximate surface area is 176 Å². The van der Waals surface area contributed by atoms with Gasteiger partial charge in [-0.15, -0.1) is 24.0 Å². The van der Waals surface area contributed by atoms with Gasteiger partial charge in [-0.1, -0.05) is 12.8 Å². The van der Waals surface area contributed by atoms with Gasteiger partial charge in [-0.25, -0.2) is 0 Å². The van der Waals surface area contributed by atoms with Gasteiger partial charge in [0.25, 0.3) is 0 Å². The molecular formula is C20H37IN4O. The zero-order valence-electron chi connectivity index (χ0n) is 16.7. The molecule has 1 spiro atoms. The summed E-state index contributed by atoms with van der Waals surface area (Å²) in [6.45, 7) is 9.06. The Kier molecular flexibility index (Phi) is 6.44. The average molecular weight is 476 g/mol. The average Bonchev–Trinajstić information content (AvgIpc) is 2.99. The normalized spacial score (nSPS) is 33.7. The number of fused-ring (bicyclic) bond motifs is 2. The SMILES string of the molecule is CN=C(NCC(C)(C)N1CCCCC1)NC1C2CCOC2C12CCC2.I. The molecule has 2 heterocycles. The van der Waals surface area contributed by atoms with Gasteiger partial charge in [-0.2, -0.15) is 0 Å². The van der Waals surface area contributed by atoms with E-state index >= 15 is 0 Å². The molecule has 0 aromatic rings. The molecule has 0 bridgehead atoms. The van der Waals surface area contributed by atoms with Crippen molar-refractivity contribution in [3.8, 4) is 0 Å². The van der Waals surface area contributed by atoms with E-state index in [0.29, 0.717) is 23.5 Å². The maximum absolute atomic E-state index is 6.04. The summed E-state index contributed by atoms with van der Waals surface area (Å²) in [6.07, 6.45) is 9.79. The minimum absolute atomic E-state index is 0. The standard InChI is InChI=1S/C20H36N4O.HI/c1-19(2,24-11-5-4-6-12-24)14-22-18(21-3)23-16-15-8-13-25-17(15)20(16)9-7-10-20;/h15-17H,4-14H2,1-3H3,(H2,21,22,23);1H. The van der Waals surface area contributed by atoms with Crippen molar-refractivity contribution in [2.45, 2.75) is 76.5 Å². The van der Waals surface area contributed by atoms with Crippen molar-refractivity contribution in [3.63, 3.8) is 0 Å². The molecule has 2 saturated carbocycles. The molecule has 0 aromatic heterocycles. The van der Waals surface area contributed by atoms with E-state index < -0.39 is 0 Å². The number of likely N-dealkylation sites (tertiary alicyclic amines) is 1. The van der Waals surface area contributed by atoms with Crippen molar-refractivity contribution in [1.29, 1.82) is 0 Å². The molecule has 6 heteroatoms. The van der Waals surface area contributed by atoms with Gasteiger partial charge in [0.05, 0.1) is 6.10 Å². The maximum Gasteiger partial charge on any atom is 0.191 e. The molecule has 2 saturated heterocycles. The predicted molar refractivity (Wildman–Crippen MR) is 117 cm³/mol. The van der Waals surface area contributed by atoms with Crippen LogP contribution in [0.25, 0.3) is 0 Å². The second kappa shape index (κ2) is 8.11. The lowest BCUT2D eigenvalue weighted by atomic mass is 9.46. The number of guanidine groups is 1. The summed E-state index contributed by atoms with van der Waals surface area (Å²) in [5.41, 5.74) is 0.575. The molecule has 0 aromatic carbocycles. The molecule has 4 fully saturated rings. The van der Waals surface area contributed by atoms with Crippen molar-refractivity contribution in [1.82, 2.24) is 15.5 Å². The molecule has 2 N–H and O–H groups in total. The zero-order chi connectivity index (χ0) is 17.5. The van der Waals surface area contributed by atoms with Crippen LogP contribution in [-0.2, 0) is 4.74 Å². The largest absolute Gasteiger partial charge is 0.377 e. The lowest BCUT2D eigenvalue weighted by Gasteiger charge is -2.63. The quantitative estimate of drug-likeness (QED) is 0.372. The molecule has 26 heavy (non-hydrogen) atoms. The Balaban J connectivity index is 0.00000196. The van der Waals surface area contributed by atoms with Crippen LogP contribution >= 0.6 is 24.0 Å². The minimum atomic E-state index is 0. The molecule has 2 aliphatic heterocycles. The van der Waals surface area contributed by atoms with Gasteiger partial charge in [0.2, 0.25) is 0 Å². The highest BCUT2D eigenvalue weighted by Crippen LogP contribution is 2.62. The van der Waals surface area contributed by atoms with Gasteiger partial charge in [-0.3, -0.25) is 9.89 Å². The minimum Gasteiger partial charge on any atom is -0.377 e. The van der Waals surface area contributed by atoms with Gasteiger partial charge >= 0.3 is 0 Å². The smallest absolute Gasteiger partial charge is 0.191 e. The number of aliphatic imine (C=N–C) groups is 1. The first kappa shape index (κ1) is 20.6. The Morgan fingerprint density at radius 1 is 1.19 bits per heavy atom. The molecule has 3 atom stereocenters. The fourth-order valence-electron chi connectivity index (χ4n) is 5.71. The summed E-state index contributed by atoms with van der Waals surface area (Å²) < 4.78 is 6.04. The zero-order valence-corrected chi connectivity index (χ0v) is 19.1. The number of piperidine rings is 1. The fraction of sp³-hybridized carbons (Fsp3) is 0.950. The van der Waals surface area contributed by atoms with Crippen LogP contribution in [0.4, 0.5) is 0 Å². The van der Waals surface area contributed by atoms with Crippen molar-refractivity contribution >= 4 is 29.9 Å². The summed E-state index contributed by atoms with van der Waals surface area (Å²) in [5, 5.41) is 7.41. The number of halogens is 1. The van der Waals surface area contributed by atoms with Crippen molar-refractivity contribution in [2.75, 3.05) is 33.3 Å². The van der Waals surface area contributed by atoms with Crippen LogP contribution in [0.15, 0.2) is 4.99 Å². The van der Waals surface area contributed by atoms with Crippen LogP contribution in [0.2, 0.25) is 0 Å². The molecule has 5 nitrogen and oxygen atoms in total. The highest BCUT2D eigenvalue weighted by atomic mass is 127. The predicted octanol–water partition coefficient (Wildman–Crippen LogP) is 2.99. The molecule has 0 amide bonds. The molecule has 150 valence electrons. The lowest BCUT2D eigenvalue weighted by Crippen LogP contribution is -2.72. The van der Waals surface area contributed by atoms with E-state index in [0.717, 1.165) is 19.1 Å². The van der Waals surface area contributed by atoms with E-state index in [4.69, 9.17) is 4.74 Å². The van der Waals surface area contributed by atoms with Crippen molar-refractivity contribution in [2.24, 2.45) is 16.3 Å². The molecule has 3 unspecified atom stereocenters. The van der Waals surface area contributed by atoms with Crippen LogP contribution in [0.3, 0.4) is 0 Å². The van der Waals surface area contributed by atoms with Crippen LogP contribution in [0.1, 0.15) is 58.8 Å². The van der Waals surface area contributed by atoms with Gasteiger partial charge in [-0.05, 0) is 59.0 Å². The molecule has 4 aliphatic rings. The topological polar surface area (TPSA) is 48.9 Å². The van der Waals surface area contributed by atoms with Crippen molar-refractivity contribution < 1.29 is 4.74 Å². The lowest BCUT2D eigenvalue weighted by molar-refractivity contribution is -0.171. The van der Waals surface area contributed by atoms with E-state index in [1.54, 1.807) is 0 Å². The van der Waals surface area contributed by atoms with E-state index in [1.807, 2.05) is 7.05 Å². The van der Waals surface area contributed by atoms with Crippen LogP contribution in [-0.4, -0.2) is 61.8 Å². The number of rotatable bonds is 4. The third-order valence-corrected chi connectivity index (χ3v) is 7.45. The van der Waals surface area contributed by atoms with E-state index in [-0.39, 0.29) is 29.5 Å². The number of nitrogens with zero attached hydrogens (tertiary/aromatic N) is 2. The highest BCUT2D eigenvalue weighted by molar-refractivity contribution is 14.0. The van der Waals surface area contributed by atoms with Gasteiger partial charge in [0.1, 0.15) is 0 Å². The molecule has 0 radical (unpaired) electrons. The highest BCUT2D eigenvalue weighted by Gasteiger charge is 2.66. The summed E-state index contributed by atoms with van der Waals surface area (Å²) in [5.74, 6) is 1.67. The third-order valence-electron chi connectivity index (χ3n) is 7.45. The number of nitrogens with one attached hydrogen (secondary N) is 2. The maximum atomic E-state index is 6.04. The second-order valence-electron chi connectivity index (χ2n) is 9.24. The van der Waals surface area contributed by atoms with Crippen LogP contribution in [0.5, 0.6) is 0 Å². The van der Waals surface area contributed by atoms with Crippen LogP contribution < -0.4 is 10.6 Å². The monoisotopic (exact) mass is 476 g/mol. The summed E-state index contributed by atoms with van der Waals surface area (Å²) >= 11 is 0. The Hall–Kier alpha value is -0.0800. The summed E-state index contributed by atoms with van der Waals surface area (Å²) in [4.78, 5) is 7.16. The number of hydrogen-bond donors (Lipinski definition) is 2. The first-order valence-electron chi connectivity index (χ1n) is 10.4. The van der Waals surface area contributed by atoms with Crippen LogP contribution in [0, 0.1) is 11.3 Å². The first-order valence-corrected chi connectivity index (χ1v) is 10.4. The van der Waals surface area contributed by atoms with E-state index in [9.17, 15) is 0 Å². The Bertz CT molecular complexity index is 514. The third kappa shape index (κ3) is 3.50. The fourth-order valence-corrected chi connectivity index (χ4v) is 5.71. The van der Waals surface area contributed by atoms with Crippen molar-refractivity contribution in [3.05, 3.63) is 0 Å². The summed E-state index contributed by atoms with van der Waals surface area (Å²) in [6, 6.07) is 0.554. The second-order valence-corrected chi connectivity index (χ2v) is 9.24. The van der Waals surface area contributed by atoms with Gasteiger partial charge in [0.15, 0.2) is 5.96 Å². The van der Waals surface area contributed by atoms with Gasteiger partial charge < -0.3 is 15.4 Å². The number of hydrogen-bond acceptors (Lipinski definition) is 3. The Morgan fingerprint density at radius 2 is 1.92 bits per heavy atom. The van der Waals surface area contributed by atoms with Gasteiger partial charge in [0, 0.05) is 43.1 Å². The van der Waals surface area contributed by atoms with E-state index in [1.165, 1.54) is 58.0 Å². The Morgan fingerprint density at radius 3 is 2.54 bits per heavy atom. The summed E-state index contributed by atoms with van der Waals surface area (Å²) in [7, 11) is 1.90.